The zero-order valence-corrected chi connectivity index (χ0v) is 15.7. The second kappa shape index (κ2) is 7.92. The molecule has 5 nitrogen and oxygen atoms in total. The van der Waals surface area contributed by atoms with Gasteiger partial charge in [0, 0.05) is 18.8 Å². The van der Waals surface area contributed by atoms with E-state index in [1.54, 1.807) is 0 Å². The van der Waals surface area contributed by atoms with E-state index in [0.717, 1.165) is 31.4 Å². The summed E-state index contributed by atoms with van der Waals surface area (Å²) in [5.74, 6) is -0.917. The minimum Gasteiger partial charge on any atom is -0.322 e. The molecule has 3 rings (SSSR count). The monoisotopic (exact) mass is 412 g/mol. The largest absolute Gasteiger partial charge is 0.417 e. The van der Waals surface area contributed by atoms with Gasteiger partial charge in [0.1, 0.15) is 0 Å². The minimum atomic E-state index is -4.65. The van der Waals surface area contributed by atoms with Crippen molar-refractivity contribution >= 4 is 21.6 Å². The van der Waals surface area contributed by atoms with Crippen LogP contribution < -0.4 is 5.32 Å². The molecule has 0 bridgehead atoms. The molecule has 0 spiro atoms. The van der Waals surface area contributed by atoms with E-state index in [-0.39, 0.29) is 10.6 Å². The fourth-order valence-corrected chi connectivity index (χ4v) is 4.61. The van der Waals surface area contributed by atoms with Crippen LogP contribution >= 0.6 is 0 Å². The molecule has 0 atom stereocenters. The first-order chi connectivity index (χ1) is 13.2. The van der Waals surface area contributed by atoms with Gasteiger partial charge < -0.3 is 5.32 Å². The predicted molar refractivity (Wildman–Crippen MR) is 98.4 cm³/mol. The molecule has 1 heterocycles. The van der Waals surface area contributed by atoms with Gasteiger partial charge in [0.2, 0.25) is 10.0 Å². The van der Waals surface area contributed by atoms with E-state index in [4.69, 9.17) is 0 Å². The Morgan fingerprint density at radius 1 is 0.929 bits per heavy atom. The standard InChI is InChI=1S/C19H19F3N2O3S/c20-19(21,22)17-7-3-2-6-16(17)18(25)23-14-8-10-15(11-9-14)28(26,27)24-12-4-1-5-13-24/h2-3,6-11H,1,4-5,12-13H2,(H,23,25). The summed E-state index contributed by atoms with van der Waals surface area (Å²) in [7, 11) is -3.61. The summed E-state index contributed by atoms with van der Waals surface area (Å²) in [5, 5.41) is 2.38. The molecular weight excluding hydrogens is 393 g/mol. The number of carbonyl (C=O) groups is 1. The number of nitrogens with zero attached hydrogens (tertiary/aromatic N) is 1. The number of hydrogen-bond donors (Lipinski definition) is 1. The van der Waals surface area contributed by atoms with E-state index >= 15 is 0 Å². The fraction of sp³-hybridized carbons (Fsp3) is 0.316. The van der Waals surface area contributed by atoms with Crippen molar-refractivity contribution in [1.82, 2.24) is 4.31 Å². The third-order valence-corrected chi connectivity index (χ3v) is 6.45. The van der Waals surface area contributed by atoms with Crippen LogP contribution in [0.5, 0.6) is 0 Å². The van der Waals surface area contributed by atoms with Crippen LogP contribution in [0.1, 0.15) is 35.2 Å². The number of hydrogen-bond acceptors (Lipinski definition) is 3. The van der Waals surface area contributed by atoms with Crippen LogP contribution in [0.2, 0.25) is 0 Å². The summed E-state index contributed by atoms with van der Waals surface area (Å²) >= 11 is 0. The smallest absolute Gasteiger partial charge is 0.322 e. The van der Waals surface area contributed by atoms with Crippen LogP contribution in [0, 0.1) is 0 Å². The number of piperidine rings is 1. The molecule has 1 aliphatic rings. The molecule has 2 aromatic carbocycles. The van der Waals surface area contributed by atoms with Crippen molar-refractivity contribution in [2.75, 3.05) is 18.4 Å². The first kappa shape index (κ1) is 20.3. The van der Waals surface area contributed by atoms with Crippen molar-refractivity contribution in [3.8, 4) is 0 Å². The lowest BCUT2D eigenvalue weighted by Gasteiger charge is -2.25. The molecule has 9 heteroatoms. The van der Waals surface area contributed by atoms with Gasteiger partial charge >= 0.3 is 6.18 Å². The van der Waals surface area contributed by atoms with Crippen LogP contribution in [0.3, 0.4) is 0 Å². The molecular formula is C19H19F3N2O3S. The molecule has 28 heavy (non-hydrogen) atoms. The molecule has 0 saturated carbocycles. The normalized spacial score (nSPS) is 16.0. The van der Waals surface area contributed by atoms with Crippen LogP contribution in [-0.4, -0.2) is 31.7 Å². The highest BCUT2D eigenvalue weighted by Crippen LogP contribution is 2.32. The van der Waals surface area contributed by atoms with Gasteiger partial charge in [-0.3, -0.25) is 4.79 Å². The van der Waals surface area contributed by atoms with Crippen molar-refractivity contribution in [1.29, 1.82) is 0 Å². The molecule has 1 saturated heterocycles. The highest BCUT2D eigenvalue weighted by atomic mass is 32.2. The van der Waals surface area contributed by atoms with E-state index in [0.29, 0.717) is 13.1 Å². The van der Waals surface area contributed by atoms with Crippen molar-refractivity contribution < 1.29 is 26.4 Å². The molecule has 0 aliphatic carbocycles. The second-order valence-electron chi connectivity index (χ2n) is 6.49. The van der Waals surface area contributed by atoms with Crippen molar-refractivity contribution in [3.63, 3.8) is 0 Å². The Hall–Kier alpha value is -2.39. The molecule has 1 N–H and O–H groups in total. The van der Waals surface area contributed by atoms with E-state index < -0.39 is 33.2 Å². The van der Waals surface area contributed by atoms with Gasteiger partial charge in [0.25, 0.3) is 5.91 Å². The zero-order valence-electron chi connectivity index (χ0n) is 14.9. The summed E-state index contributed by atoms with van der Waals surface area (Å²) in [6, 6.07) is 9.90. The Morgan fingerprint density at radius 3 is 2.14 bits per heavy atom. The van der Waals surface area contributed by atoms with Crippen LogP contribution in [0.4, 0.5) is 18.9 Å². The van der Waals surface area contributed by atoms with Gasteiger partial charge in [-0.25, -0.2) is 8.42 Å². The predicted octanol–water partition coefficient (Wildman–Crippen LogP) is 4.13. The van der Waals surface area contributed by atoms with E-state index in [1.165, 1.54) is 40.7 Å². The number of halogens is 3. The number of amides is 1. The molecule has 0 aromatic heterocycles. The number of benzene rings is 2. The summed E-state index contributed by atoms with van der Waals surface area (Å²) in [6.45, 7) is 0.935. The van der Waals surface area contributed by atoms with Crippen LogP contribution in [0.15, 0.2) is 53.4 Å². The lowest BCUT2D eigenvalue weighted by atomic mass is 10.1. The average Bonchev–Trinajstić information content (AvgIpc) is 2.68. The third-order valence-electron chi connectivity index (χ3n) is 4.54. The van der Waals surface area contributed by atoms with Crippen molar-refractivity contribution in [2.45, 2.75) is 30.3 Å². The van der Waals surface area contributed by atoms with Crippen LogP contribution in [-0.2, 0) is 16.2 Å². The summed E-state index contributed by atoms with van der Waals surface area (Å²) in [5.41, 5.74) is -1.32. The zero-order chi connectivity index (χ0) is 20.4. The average molecular weight is 412 g/mol. The number of rotatable bonds is 4. The quantitative estimate of drug-likeness (QED) is 0.821. The van der Waals surface area contributed by atoms with Gasteiger partial charge in [0.15, 0.2) is 0 Å². The number of anilines is 1. The molecule has 1 aliphatic heterocycles. The summed E-state index contributed by atoms with van der Waals surface area (Å²) < 4.78 is 65.8. The molecule has 2 aromatic rings. The van der Waals surface area contributed by atoms with Crippen LogP contribution in [0.25, 0.3) is 0 Å². The van der Waals surface area contributed by atoms with Gasteiger partial charge in [-0.1, -0.05) is 18.6 Å². The molecule has 150 valence electrons. The van der Waals surface area contributed by atoms with Gasteiger partial charge in [-0.15, -0.1) is 0 Å². The number of nitrogens with one attached hydrogen (secondary N) is 1. The first-order valence-corrected chi connectivity index (χ1v) is 10.2. The van der Waals surface area contributed by atoms with E-state index in [9.17, 15) is 26.4 Å². The molecule has 1 fully saturated rings. The maximum Gasteiger partial charge on any atom is 0.417 e. The molecule has 0 radical (unpaired) electrons. The summed E-state index contributed by atoms with van der Waals surface area (Å²) in [6.07, 6.45) is -2.03. The van der Waals surface area contributed by atoms with Crippen molar-refractivity contribution in [2.24, 2.45) is 0 Å². The topological polar surface area (TPSA) is 66.5 Å². The summed E-state index contributed by atoms with van der Waals surface area (Å²) in [4.78, 5) is 12.4. The second-order valence-corrected chi connectivity index (χ2v) is 8.42. The number of alkyl halides is 3. The Labute approximate surface area is 161 Å². The Bertz CT molecular complexity index is 951. The SMILES string of the molecule is O=C(Nc1ccc(S(=O)(=O)N2CCCCC2)cc1)c1ccccc1C(F)(F)F. The van der Waals surface area contributed by atoms with Gasteiger partial charge in [-0.2, -0.15) is 17.5 Å². The van der Waals surface area contributed by atoms with Gasteiger partial charge in [-0.05, 0) is 49.2 Å². The third kappa shape index (κ3) is 4.36. The maximum absolute atomic E-state index is 13.1. The number of sulfonamides is 1. The Morgan fingerprint density at radius 2 is 1.54 bits per heavy atom. The highest BCUT2D eigenvalue weighted by molar-refractivity contribution is 7.89. The molecule has 0 unspecified atom stereocenters. The lowest BCUT2D eigenvalue weighted by molar-refractivity contribution is -0.137. The van der Waals surface area contributed by atoms with E-state index in [2.05, 4.69) is 5.32 Å². The Balaban J connectivity index is 1.77. The minimum absolute atomic E-state index is 0.0862. The fourth-order valence-electron chi connectivity index (χ4n) is 3.09. The number of carbonyl (C=O) groups excluding carboxylic acids is 1. The van der Waals surface area contributed by atoms with Gasteiger partial charge in [0.05, 0.1) is 16.0 Å². The highest BCUT2D eigenvalue weighted by Gasteiger charge is 2.34. The lowest BCUT2D eigenvalue weighted by Crippen LogP contribution is -2.35. The van der Waals surface area contributed by atoms with E-state index in [1.807, 2.05) is 0 Å². The Kier molecular flexibility index (Phi) is 5.76. The van der Waals surface area contributed by atoms with Crippen molar-refractivity contribution in [3.05, 3.63) is 59.7 Å². The first-order valence-electron chi connectivity index (χ1n) is 8.77. The maximum atomic E-state index is 13.1. The molecule has 1 amide bonds.